The van der Waals surface area contributed by atoms with Crippen molar-refractivity contribution in [2.24, 2.45) is 0 Å². The van der Waals surface area contributed by atoms with Crippen molar-refractivity contribution < 1.29 is 22.7 Å². The van der Waals surface area contributed by atoms with E-state index in [2.05, 4.69) is 5.10 Å². The summed E-state index contributed by atoms with van der Waals surface area (Å²) >= 11 is 0. The zero-order chi connectivity index (χ0) is 23.4. The Morgan fingerprint density at radius 1 is 0.879 bits per heavy atom. The molecule has 0 radical (unpaired) electrons. The number of esters is 1. The first-order valence-corrected chi connectivity index (χ1v) is 11.7. The summed E-state index contributed by atoms with van der Waals surface area (Å²) in [6.07, 6.45) is -0.987. The zero-order valence-corrected chi connectivity index (χ0v) is 18.9. The maximum Gasteiger partial charge on any atom is 0.353 e. The van der Waals surface area contributed by atoms with E-state index in [9.17, 15) is 13.2 Å². The molecule has 8 heteroatoms. The molecule has 33 heavy (non-hydrogen) atoms. The topological polar surface area (TPSA) is 87.5 Å². The second-order valence-electron chi connectivity index (χ2n) is 7.28. The highest BCUT2D eigenvalue weighted by Gasteiger charge is 2.33. The Kier molecular flexibility index (Phi) is 6.28. The van der Waals surface area contributed by atoms with Gasteiger partial charge in [0.2, 0.25) is 15.7 Å². The molecular weight excluding hydrogens is 440 g/mol. The van der Waals surface area contributed by atoms with Gasteiger partial charge in [-0.1, -0.05) is 54.6 Å². The molecule has 1 aromatic heterocycles. The quantitative estimate of drug-likeness (QED) is 0.379. The first-order valence-electron chi connectivity index (χ1n) is 10.3. The van der Waals surface area contributed by atoms with Gasteiger partial charge in [-0.3, -0.25) is 0 Å². The van der Waals surface area contributed by atoms with E-state index in [0.29, 0.717) is 11.4 Å². The molecule has 0 bridgehead atoms. The first-order chi connectivity index (χ1) is 15.9. The number of carbonyl (C=O) groups is 1. The molecule has 0 spiro atoms. The van der Waals surface area contributed by atoms with Gasteiger partial charge in [0.1, 0.15) is 5.75 Å². The lowest BCUT2D eigenvalue weighted by molar-refractivity contribution is -0.142. The Hall–Kier alpha value is -3.91. The predicted molar refractivity (Wildman–Crippen MR) is 122 cm³/mol. The van der Waals surface area contributed by atoms with Crippen LogP contribution < -0.4 is 9.47 Å². The van der Waals surface area contributed by atoms with E-state index in [1.165, 1.54) is 23.7 Å². The lowest BCUT2D eigenvalue weighted by Gasteiger charge is -2.15. The molecular formula is C25H22N2O5S. The number of hydrogen-bond acceptors (Lipinski definition) is 6. The maximum absolute atomic E-state index is 13.5. The van der Waals surface area contributed by atoms with Crippen molar-refractivity contribution >= 4 is 15.8 Å². The number of sulfone groups is 1. The van der Waals surface area contributed by atoms with Crippen molar-refractivity contribution in [1.29, 1.82) is 0 Å². The summed E-state index contributed by atoms with van der Waals surface area (Å²) in [5.74, 6) is -0.441. The number of nitrogens with zero attached hydrogens (tertiary/aromatic N) is 2. The fourth-order valence-electron chi connectivity index (χ4n) is 3.28. The molecule has 0 aliphatic rings. The third-order valence-electron chi connectivity index (χ3n) is 4.87. The molecule has 1 atom stereocenters. The second kappa shape index (κ2) is 9.30. The molecule has 4 rings (SSSR count). The van der Waals surface area contributed by atoms with Gasteiger partial charge in [-0.2, -0.15) is 9.78 Å². The molecule has 0 unspecified atom stereocenters. The minimum Gasteiger partial charge on any atom is -0.479 e. The number of ether oxygens (including phenoxy) is 2. The third kappa shape index (κ3) is 4.65. The van der Waals surface area contributed by atoms with E-state index in [4.69, 9.17) is 9.47 Å². The van der Waals surface area contributed by atoms with Gasteiger partial charge < -0.3 is 9.47 Å². The van der Waals surface area contributed by atoms with Crippen molar-refractivity contribution in [3.8, 4) is 17.3 Å². The molecule has 0 aliphatic carbocycles. The number of para-hydroxylation sites is 2. The van der Waals surface area contributed by atoms with Crippen LogP contribution in [0.25, 0.3) is 5.69 Å². The highest BCUT2D eigenvalue weighted by molar-refractivity contribution is 7.91. The van der Waals surface area contributed by atoms with Gasteiger partial charge in [0, 0.05) is 0 Å². The van der Waals surface area contributed by atoms with Crippen molar-refractivity contribution in [3.63, 3.8) is 0 Å². The number of rotatable bonds is 7. The lowest BCUT2D eigenvalue weighted by Crippen LogP contribution is -2.29. The van der Waals surface area contributed by atoms with Crippen molar-refractivity contribution in [2.75, 3.05) is 0 Å². The molecule has 4 aromatic rings. The van der Waals surface area contributed by atoms with Crippen LogP contribution in [0.2, 0.25) is 0 Å². The van der Waals surface area contributed by atoms with Crippen LogP contribution in [-0.2, 0) is 14.6 Å². The van der Waals surface area contributed by atoms with Gasteiger partial charge in [0.05, 0.1) is 16.3 Å². The van der Waals surface area contributed by atoms with E-state index in [0.717, 1.165) is 0 Å². The number of benzene rings is 3. The van der Waals surface area contributed by atoms with Crippen LogP contribution in [0.1, 0.15) is 12.6 Å². The monoisotopic (exact) mass is 462 g/mol. The lowest BCUT2D eigenvalue weighted by atomic mass is 10.3. The Balaban J connectivity index is 1.77. The molecule has 168 valence electrons. The summed E-state index contributed by atoms with van der Waals surface area (Å²) in [4.78, 5) is 12.8. The van der Waals surface area contributed by atoms with Gasteiger partial charge in [0.25, 0.3) is 0 Å². The highest BCUT2D eigenvalue weighted by atomic mass is 32.2. The van der Waals surface area contributed by atoms with Crippen LogP contribution in [0.4, 0.5) is 0 Å². The average Bonchev–Trinajstić information content (AvgIpc) is 3.17. The minimum absolute atomic E-state index is 0.0756. The van der Waals surface area contributed by atoms with Gasteiger partial charge in [-0.25, -0.2) is 13.2 Å². The van der Waals surface area contributed by atoms with Crippen LogP contribution >= 0.6 is 0 Å². The minimum atomic E-state index is -4.02. The molecule has 0 saturated carbocycles. The second-order valence-corrected chi connectivity index (χ2v) is 9.16. The van der Waals surface area contributed by atoms with Crippen molar-refractivity contribution in [3.05, 3.63) is 96.7 Å². The first kappa shape index (κ1) is 22.3. The van der Waals surface area contributed by atoms with Crippen molar-refractivity contribution in [1.82, 2.24) is 9.78 Å². The molecule has 0 aliphatic heterocycles. The number of aryl methyl sites for hydroxylation is 1. The largest absolute Gasteiger partial charge is 0.479 e. The maximum atomic E-state index is 13.5. The van der Waals surface area contributed by atoms with E-state index < -0.39 is 21.9 Å². The van der Waals surface area contributed by atoms with Crippen LogP contribution in [0.15, 0.2) is 101 Å². The van der Waals surface area contributed by atoms with Crippen LogP contribution in [0.3, 0.4) is 0 Å². The molecule has 0 N–H and O–H groups in total. The summed E-state index contributed by atoms with van der Waals surface area (Å²) < 4.78 is 39.6. The molecule has 3 aromatic carbocycles. The molecule has 7 nitrogen and oxygen atoms in total. The summed E-state index contributed by atoms with van der Waals surface area (Å²) in [5.41, 5.74) is 0.761. The zero-order valence-electron chi connectivity index (χ0n) is 18.1. The normalized spacial score (nSPS) is 12.2. The fourth-order valence-corrected chi connectivity index (χ4v) is 4.82. The fraction of sp³-hybridized carbons (Fsp3) is 0.120. The average molecular weight is 463 g/mol. The van der Waals surface area contributed by atoms with Crippen molar-refractivity contribution in [2.45, 2.75) is 29.7 Å². The van der Waals surface area contributed by atoms with E-state index in [-0.39, 0.29) is 21.4 Å². The Bertz CT molecular complexity index is 1350. The van der Waals surface area contributed by atoms with Crippen LogP contribution in [-0.4, -0.2) is 30.3 Å². The van der Waals surface area contributed by atoms with E-state index in [1.807, 2.05) is 12.1 Å². The molecule has 0 amide bonds. The number of hydrogen-bond donors (Lipinski definition) is 0. The Labute approximate surface area is 192 Å². The number of carbonyl (C=O) groups excluding carboxylic acids is 1. The highest BCUT2D eigenvalue weighted by Crippen LogP contribution is 2.34. The molecule has 1 heterocycles. The summed E-state index contributed by atoms with van der Waals surface area (Å²) in [7, 11) is -4.02. The summed E-state index contributed by atoms with van der Waals surface area (Å²) in [6.45, 7) is 3.10. The summed E-state index contributed by atoms with van der Waals surface area (Å²) in [6, 6.07) is 25.7. The molecule has 0 saturated heterocycles. The van der Waals surface area contributed by atoms with E-state index >= 15 is 0 Å². The third-order valence-corrected chi connectivity index (χ3v) is 6.77. The molecule has 0 fully saturated rings. The van der Waals surface area contributed by atoms with Gasteiger partial charge in [-0.05, 0) is 50.2 Å². The number of aromatic nitrogens is 2. The summed E-state index contributed by atoms with van der Waals surface area (Å²) in [5, 5.41) is 4.39. The van der Waals surface area contributed by atoms with E-state index in [1.54, 1.807) is 73.7 Å². The van der Waals surface area contributed by atoms with Gasteiger partial charge >= 0.3 is 5.97 Å². The van der Waals surface area contributed by atoms with Crippen LogP contribution in [0, 0.1) is 6.92 Å². The Morgan fingerprint density at radius 2 is 1.42 bits per heavy atom. The van der Waals surface area contributed by atoms with Gasteiger partial charge in [-0.15, -0.1) is 0 Å². The predicted octanol–water partition coefficient (Wildman–Crippen LogP) is 4.39. The Morgan fingerprint density at radius 3 is 2.03 bits per heavy atom. The SMILES string of the molecule is Cc1nn(-c2ccccc2)c(OC(=O)[C@H](C)Oc2ccccc2)c1S(=O)(=O)c1ccccc1. The standard InChI is InChI=1S/C25H22N2O5S/c1-18-23(33(29,30)22-16-10-5-11-17-22)24(27(26-18)20-12-6-3-7-13-20)32-25(28)19(2)31-21-14-8-4-9-15-21/h3-17,19H,1-2H3/t19-/m0/s1. The smallest absolute Gasteiger partial charge is 0.353 e. The van der Waals surface area contributed by atoms with Gasteiger partial charge in [0.15, 0.2) is 11.0 Å². The van der Waals surface area contributed by atoms with Crippen LogP contribution in [0.5, 0.6) is 11.6 Å².